The van der Waals surface area contributed by atoms with Gasteiger partial charge in [-0.2, -0.15) is 28.1 Å². The topological polar surface area (TPSA) is 57.6 Å². The number of halogens is 5. The summed E-state index contributed by atoms with van der Waals surface area (Å²) in [5.74, 6) is -1.33. The Morgan fingerprint density at radius 3 is 2.50 bits per heavy atom. The zero-order valence-corrected chi connectivity index (χ0v) is 16.7. The van der Waals surface area contributed by atoms with E-state index < -0.39 is 28.9 Å². The van der Waals surface area contributed by atoms with E-state index in [-0.39, 0.29) is 22.9 Å². The summed E-state index contributed by atoms with van der Waals surface area (Å²) in [4.78, 5) is 12.7. The van der Waals surface area contributed by atoms with Gasteiger partial charge in [0.15, 0.2) is 5.82 Å². The van der Waals surface area contributed by atoms with Crippen molar-refractivity contribution in [2.75, 3.05) is 0 Å². The lowest BCUT2D eigenvalue weighted by atomic mass is 10.2. The third kappa shape index (κ3) is 3.75. The van der Waals surface area contributed by atoms with Crippen molar-refractivity contribution in [3.63, 3.8) is 0 Å². The number of aromatic nitrogens is 5. The molecule has 150 valence electrons. The fourth-order valence-electron chi connectivity index (χ4n) is 2.69. The van der Waals surface area contributed by atoms with Crippen LogP contribution in [0.3, 0.4) is 0 Å². The van der Waals surface area contributed by atoms with Crippen molar-refractivity contribution in [2.24, 2.45) is 0 Å². The average Bonchev–Trinajstić information content (AvgIpc) is 3.16. The van der Waals surface area contributed by atoms with E-state index in [0.29, 0.717) is 16.3 Å². The number of benzene rings is 1. The SMILES string of the molecule is Cc1nn(-c2cc(Br)cc(C(F)(F)F)c2F)c(=O)n1Cc1cnn(C(C)C)c1. The maximum absolute atomic E-state index is 14.5. The van der Waals surface area contributed by atoms with Gasteiger partial charge >= 0.3 is 11.9 Å². The van der Waals surface area contributed by atoms with Crippen molar-refractivity contribution in [1.82, 2.24) is 24.1 Å². The van der Waals surface area contributed by atoms with Crippen LogP contribution >= 0.6 is 15.9 Å². The average molecular weight is 462 g/mol. The Kier molecular flexibility index (Phi) is 5.22. The summed E-state index contributed by atoms with van der Waals surface area (Å²) >= 11 is 2.93. The summed E-state index contributed by atoms with van der Waals surface area (Å²) in [6.45, 7) is 5.52. The maximum Gasteiger partial charge on any atom is 0.419 e. The van der Waals surface area contributed by atoms with E-state index in [1.54, 1.807) is 17.1 Å². The smallest absolute Gasteiger partial charge is 0.274 e. The molecule has 0 N–H and O–H groups in total. The molecule has 0 atom stereocenters. The van der Waals surface area contributed by atoms with E-state index in [2.05, 4.69) is 26.1 Å². The lowest BCUT2D eigenvalue weighted by molar-refractivity contribution is -0.140. The van der Waals surface area contributed by atoms with Crippen molar-refractivity contribution in [3.05, 3.63) is 62.3 Å². The monoisotopic (exact) mass is 461 g/mol. The Balaban J connectivity index is 2.07. The van der Waals surface area contributed by atoms with Crippen molar-refractivity contribution in [1.29, 1.82) is 0 Å². The largest absolute Gasteiger partial charge is 0.419 e. The molecule has 0 fully saturated rings. The van der Waals surface area contributed by atoms with Crippen LogP contribution < -0.4 is 5.69 Å². The summed E-state index contributed by atoms with van der Waals surface area (Å²) in [6.07, 6.45) is -1.56. The van der Waals surface area contributed by atoms with Gasteiger partial charge in [0, 0.05) is 22.3 Å². The van der Waals surface area contributed by atoms with Gasteiger partial charge in [-0.25, -0.2) is 9.18 Å². The van der Waals surface area contributed by atoms with Gasteiger partial charge in [-0.1, -0.05) is 15.9 Å². The van der Waals surface area contributed by atoms with E-state index in [1.807, 2.05) is 13.8 Å². The molecule has 0 spiro atoms. The summed E-state index contributed by atoms with van der Waals surface area (Å²) < 4.78 is 57.3. The second-order valence-corrected chi connectivity index (χ2v) is 7.45. The molecule has 0 aliphatic carbocycles. The fourth-order valence-corrected chi connectivity index (χ4v) is 3.14. The van der Waals surface area contributed by atoms with Gasteiger partial charge < -0.3 is 0 Å². The quantitative estimate of drug-likeness (QED) is 0.549. The van der Waals surface area contributed by atoms with Crippen LogP contribution in [0.25, 0.3) is 5.69 Å². The first-order chi connectivity index (χ1) is 13.0. The van der Waals surface area contributed by atoms with Crippen LogP contribution in [0.1, 0.15) is 36.8 Å². The first-order valence-electron chi connectivity index (χ1n) is 8.25. The highest BCUT2D eigenvalue weighted by molar-refractivity contribution is 9.10. The third-order valence-electron chi connectivity index (χ3n) is 4.12. The molecule has 0 aliphatic heterocycles. The summed E-state index contributed by atoms with van der Waals surface area (Å²) in [6, 6.07) is 1.83. The predicted molar refractivity (Wildman–Crippen MR) is 96.9 cm³/mol. The fraction of sp³-hybridized carbons (Fsp3) is 0.353. The Hall–Kier alpha value is -2.43. The molecule has 3 rings (SSSR count). The Bertz CT molecular complexity index is 1080. The van der Waals surface area contributed by atoms with E-state index in [4.69, 9.17) is 0 Å². The maximum atomic E-state index is 14.5. The van der Waals surface area contributed by atoms with E-state index in [1.165, 1.54) is 11.5 Å². The van der Waals surface area contributed by atoms with E-state index in [0.717, 1.165) is 6.07 Å². The minimum atomic E-state index is -4.91. The van der Waals surface area contributed by atoms with Gasteiger partial charge in [0.25, 0.3) is 0 Å². The number of nitrogens with zero attached hydrogens (tertiary/aromatic N) is 5. The number of alkyl halides is 3. The summed E-state index contributed by atoms with van der Waals surface area (Å²) in [7, 11) is 0. The van der Waals surface area contributed by atoms with Gasteiger partial charge in [0.2, 0.25) is 0 Å². The summed E-state index contributed by atoms with van der Waals surface area (Å²) in [5.41, 5.74) is -2.09. The molecular weight excluding hydrogens is 446 g/mol. The van der Waals surface area contributed by atoms with Crippen molar-refractivity contribution in [3.8, 4) is 5.69 Å². The molecule has 11 heteroatoms. The van der Waals surface area contributed by atoms with Crippen LogP contribution in [-0.4, -0.2) is 24.1 Å². The summed E-state index contributed by atoms with van der Waals surface area (Å²) in [5, 5.41) is 8.14. The highest BCUT2D eigenvalue weighted by Gasteiger charge is 2.36. The third-order valence-corrected chi connectivity index (χ3v) is 4.58. The molecule has 2 heterocycles. The number of aryl methyl sites for hydroxylation is 1. The molecule has 0 aliphatic rings. The van der Waals surface area contributed by atoms with Gasteiger partial charge in [0.1, 0.15) is 11.5 Å². The second kappa shape index (κ2) is 7.19. The minimum Gasteiger partial charge on any atom is -0.274 e. The number of hydrogen-bond acceptors (Lipinski definition) is 3. The lowest BCUT2D eigenvalue weighted by Crippen LogP contribution is -2.26. The second-order valence-electron chi connectivity index (χ2n) is 6.53. The zero-order valence-electron chi connectivity index (χ0n) is 15.1. The highest BCUT2D eigenvalue weighted by Crippen LogP contribution is 2.35. The van der Waals surface area contributed by atoms with Gasteiger partial charge in [-0.15, -0.1) is 0 Å². The van der Waals surface area contributed by atoms with E-state index >= 15 is 0 Å². The number of rotatable bonds is 4. The van der Waals surface area contributed by atoms with Crippen molar-refractivity contribution in [2.45, 2.75) is 39.5 Å². The molecule has 3 aromatic rings. The number of hydrogen-bond donors (Lipinski definition) is 0. The van der Waals surface area contributed by atoms with Crippen molar-refractivity contribution < 1.29 is 17.6 Å². The lowest BCUT2D eigenvalue weighted by Gasteiger charge is -2.11. The molecule has 0 amide bonds. The molecule has 0 radical (unpaired) electrons. The molecular formula is C17H16BrF4N5O. The van der Waals surface area contributed by atoms with Crippen LogP contribution in [0.5, 0.6) is 0 Å². The predicted octanol–water partition coefficient (Wildman–Crippen LogP) is 4.09. The minimum absolute atomic E-state index is 0.0199. The van der Waals surface area contributed by atoms with Crippen LogP contribution in [-0.2, 0) is 12.7 Å². The first kappa shape index (κ1) is 20.3. The molecule has 6 nitrogen and oxygen atoms in total. The molecule has 0 saturated carbocycles. The molecule has 0 unspecified atom stereocenters. The molecule has 1 aromatic carbocycles. The molecule has 0 bridgehead atoms. The van der Waals surface area contributed by atoms with Crippen molar-refractivity contribution >= 4 is 15.9 Å². The zero-order chi connectivity index (χ0) is 20.8. The highest BCUT2D eigenvalue weighted by atomic mass is 79.9. The normalized spacial score (nSPS) is 12.2. The molecule has 28 heavy (non-hydrogen) atoms. The first-order valence-corrected chi connectivity index (χ1v) is 9.04. The van der Waals surface area contributed by atoms with E-state index in [9.17, 15) is 22.4 Å². The van der Waals surface area contributed by atoms with Gasteiger partial charge in [0.05, 0.1) is 18.3 Å². The van der Waals surface area contributed by atoms with Gasteiger partial charge in [-0.3, -0.25) is 9.25 Å². The molecule has 0 saturated heterocycles. The Morgan fingerprint density at radius 1 is 1.25 bits per heavy atom. The Labute approximate surface area is 165 Å². The van der Waals surface area contributed by atoms with Crippen LogP contribution in [0, 0.1) is 12.7 Å². The molecule has 2 aromatic heterocycles. The van der Waals surface area contributed by atoms with Crippen LogP contribution in [0.15, 0.2) is 33.8 Å². The Morgan fingerprint density at radius 2 is 1.93 bits per heavy atom. The standard InChI is InChI=1S/C17H16BrF4N5O/c1-9(2)26-8-11(6-23-26)7-25-10(3)24-27(16(25)28)14-5-12(18)4-13(15(14)19)17(20,21)22/h4-6,8-9H,7H2,1-3H3. The van der Waals surface area contributed by atoms with Gasteiger partial charge in [-0.05, 0) is 32.9 Å². The van der Waals surface area contributed by atoms with Crippen LogP contribution in [0.4, 0.5) is 17.6 Å². The van der Waals surface area contributed by atoms with Crippen LogP contribution in [0.2, 0.25) is 0 Å².